The van der Waals surface area contributed by atoms with Crippen molar-refractivity contribution in [2.75, 3.05) is 18.9 Å². The summed E-state index contributed by atoms with van der Waals surface area (Å²) in [4.78, 5) is 23.6. The fraction of sp³-hybridized carbons (Fsp3) is 0.467. The van der Waals surface area contributed by atoms with Gasteiger partial charge in [-0.3, -0.25) is 9.59 Å². The molecule has 0 aliphatic rings. The summed E-state index contributed by atoms with van der Waals surface area (Å²) in [6.45, 7) is 6.08. The summed E-state index contributed by atoms with van der Waals surface area (Å²) in [6, 6.07) is 5.76. The van der Waals surface area contributed by atoms with Gasteiger partial charge in [0.25, 0.3) is 5.91 Å². The van der Waals surface area contributed by atoms with Crippen molar-refractivity contribution in [3.8, 4) is 0 Å². The Morgan fingerprint density at radius 3 is 2.55 bits per heavy atom. The molecule has 1 aromatic rings. The van der Waals surface area contributed by atoms with Gasteiger partial charge in [0.2, 0.25) is 5.91 Å². The van der Waals surface area contributed by atoms with Crippen molar-refractivity contribution < 1.29 is 9.59 Å². The van der Waals surface area contributed by atoms with Crippen LogP contribution in [0.3, 0.4) is 0 Å². The van der Waals surface area contributed by atoms with Gasteiger partial charge < -0.3 is 16.0 Å². The summed E-state index contributed by atoms with van der Waals surface area (Å²) in [5.74, 6) is -0.228. The van der Waals surface area contributed by atoms with E-state index in [0.717, 1.165) is 11.3 Å². The van der Waals surface area contributed by atoms with Gasteiger partial charge in [-0.15, -0.1) is 0 Å². The second-order valence-corrected chi connectivity index (χ2v) is 5.03. The average molecular weight is 277 g/mol. The Labute approximate surface area is 120 Å². The van der Waals surface area contributed by atoms with Crippen molar-refractivity contribution in [3.05, 3.63) is 29.3 Å². The molecule has 0 aromatic heterocycles. The molecule has 0 fully saturated rings. The monoisotopic (exact) mass is 277 g/mol. The van der Waals surface area contributed by atoms with Gasteiger partial charge in [0.1, 0.15) is 0 Å². The van der Waals surface area contributed by atoms with Crippen LogP contribution in [0.5, 0.6) is 0 Å². The minimum Gasteiger partial charge on any atom is -0.387 e. The zero-order valence-corrected chi connectivity index (χ0v) is 12.5. The molecule has 0 atom stereocenters. The predicted octanol–water partition coefficient (Wildman–Crippen LogP) is 1.68. The molecular weight excluding hydrogens is 254 g/mol. The molecule has 0 spiro atoms. The summed E-state index contributed by atoms with van der Waals surface area (Å²) in [5, 5.41) is 8.54. The minimum atomic E-state index is -0.171. The quantitative estimate of drug-likeness (QED) is 0.741. The van der Waals surface area contributed by atoms with Crippen LogP contribution in [0.1, 0.15) is 36.2 Å². The zero-order chi connectivity index (χ0) is 15.1. The zero-order valence-electron chi connectivity index (χ0n) is 12.5. The molecule has 0 radical (unpaired) electrons. The predicted molar refractivity (Wildman–Crippen MR) is 81.0 cm³/mol. The molecule has 0 aliphatic heterocycles. The molecule has 0 unspecified atom stereocenters. The molecule has 5 nitrogen and oxygen atoms in total. The van der Waals surface area contributed by atoms with Gasteiger partial charge in [-0.1, -0.05) is 11.6 Å². The number of amides is 2. The minimum absolute atomic E-state index is 0.0571. The third-order valence-electron chi connectivity index (χ3n) is 2.78. The van der Waals surface area contributed by atoms with Gasteiger partial charge in [0.15, 0.2) is 0 Å². The van der Waals surface area contributed by atoms with E-state index in [0.29, 0.717) is 12.1 Å². The molecule has 0 saturated heterocycles. The Kier molecular flexibility index (Phi) is 6.03. The second-order valence-electron chi connectivity index (χ2n) is 5.03. The highest BCUT2D eigenvalue weighted by Gasteiger charge is 2.11. The molecule has 110 valence electrons. The maximum Gasteiger partial charge on any atom is 0.253 e. The van der Waals surface area contributed by atoms with Crippen LogP contribution in [-0.2, 0) is 4.79 Å². The lowest BCUT2D eigenvalue weighted by atomic mass is 10.1. The van der Waals surface area contributed by atoms with Crippen LogP contribution in [0, 0.1) is 6.92 Å². The van der Waals surface area contributed by atoms with Crippen molar-refractivity contribution in [2.24, 2.45) is 0 Å². The molecule has 1 aromatic carbocycles. The number of nitrogens with one attached hydrogen (secondary N) is 3. The summed E-state index contributed by atoms with van der Waals surface area (Å²) >= 11 is 0. The van der Waals surface area contributed by atoms with Gasteiger partial charge in [-0.25, -0.2) is 0 Å². The fourth-order valence-electron chi connectivity index (χ4n) is 1.84. The highest BCUT2D eigenvalue weighted by atomic mass is 16.2. The van der Waals surface area contributed by atoms with Crippen LogP contribution in [0.15, 0.2) is 18.2 Å². The first-order chi connectivity index (χ1) is 9.43. The highest BCUT2D eigenvalue weighted by molar-refractivity contribution is 5.99. The number of rotatable bonds is 6. The Balaban J connectivity index is 2.55. The molecule has 5 heteroatoms. The van der Waals surface area contributed by atoms with Gasteiger partial charge in [-0.05, 0) is 32.9 Å². The molecular formula is C15H23N3O2. The van der Waals surface area contributed by atoms with E-state index in [1.807, 2.05) is 39.0 Å². The average Bonchev–Trinajstić information content (AvgIpc) is 2.37. The molecule has 3 N–H and O–H groups in total. The number of hydrogen-bond acceptors (Lipinski definition) is 3. The van der Waals surface area contributed by atoms with Crippen molar-refractivity contribution in [2.45, 2.75) is 33.2 Å². The Morgan fingerprint density at radius 1 is 1.25 bits per heavy atom. The summed E-state index contributed by atoms with van der Waals surface area (Å²) < 4.78 is 0. The number of anilines is 1. The lowest BCUT2D eigenvalue weighted by Crippen LogP contribution is -2.34. The third-order valence-corrected chi connectivity index (χ3v) is 2.78. The van der Waals surface area contributed by atoms with Crippen LogP contribution in [0.4, 0.5) is 5.69 Å². The first-order valence-corrected chi connectivity index (χ1v) is 6.80. The van der Waals surface area contributed by atoms with E-state index < -0.39 is 0 Å². The van der Waals surface area contributed by atoms with Gasteiger partial charge in [0.05, 0.1) is 5.56 Å². The summed E-state index contributed by atoms with van der Waals surface area (Å²) in [7, 11) is 1.78. The van der Waals surface area contributed by atoms with E-state index in [1.165, 1.54) is 0 Å². The molecule has 0 heterocycles. The molecule has 20 heavy (non-hydrogen) atoms. The van der Waals surface area contributed by atoms with E-state index in [-0.39, 0.29) is 24.3 Å². The van der Waals surface area contributed by atoms with Crippen LogP contribution in [0.25, 0.3) is 0 Å². The maximum atomic E-state index is 12.1. The van der Waals surface area contributed by atoms with Crippen LogP contribution in [0.2, 0.25) is 0 Å². The molecule has 2 amide bonds. The smallest absolute Gasteiger partial charge is 0.253 e. The van der Waals surface area contributed by atoms with Crippen molar-refractivity contribution in [3.63, 3.8) is 0 Å². The highest BCUT2D eigenvalue weighted by Crippen LogP contribution is 2.16. The Hall–Kier alpha value is -2.04. The SMILES string of the molecule is CNc1ccc(C)cc1C(=O)NCCC(=O)NC(C)C. The van der Waals surface area contributed by atoms with Gasteiger partial charge in [-0.2, -0.15) is 0 Å². The van der Waals surface area contributed by atoms with Crippen molar-refractivity contribution >= 4 is 17.5 Å². The number of aryl methyl sites for hydroxylation is 1. The number of carbonyl (C=O) groups is 2. The third kappa shape index (κ3) is 4.91. The fourth-order valence-corrected chi connectivity index (χ4v) is 1.84. The normalized spacial score (nSPS) is 10.2. The molecule has 0 saturated carbocycles. The van der Waals surface area contributed by atoms with Crippen LogP contribution >= 0.6 is 0 Å². The largest absolute Gasteiger partial charge is 0.387 e. The van der Waals surface area contributed by atoms with Crippen LogP contribution < -0.4 is 16.0 Å². The lowest BCUT2D eigenvalue weighted by Gasteiger charge is -2.11. The van der Waals surface area contributed by atoms with E-state index in [1.54, 1.807) is 7.05 Å². The Morgan fingerprint density at radius 2 is 1.95 bits per heavy atom. The van der Waals surface area contributed by atoms with E-state index >= 15 is 0 Å². The topological polar surface area (TPSA) is 70.2 Å². The second kappa shape index (κ2) is 7.53. The summed E-state index contributed by atoms with van der Waals surface area (Å²) in [6.07, 6.45) is 0.282. The van der Waals surface area contributed by atoms with Gasteiger partial charge in [0, 0.05) is 31.7 Å². The standard InChI is InChI=1S/C15H23N3O2/c1-10(2)18-14(19)7-8-17-15(20)12-9-11(3)5-6-13(12)16-4/h5-6,9-10,16H,7-8H2,1-4H3,(H,17,20)(H,18,19). The van der Waals surface area contributed by atoms with Crippen molar-refractivity contribution in [1.82, 2.24) is 10.6 Å². The first kappa shape index (κ1) is 16.0. The van der Waals surface area contributed by atoms with E-state index in [4.69, 9.17) is 0 Å². The molecule has 0 bridgehead atoms. The maximum absolute atomic E-state index is 12.1. The Bertz CT molecular complexity index is 484. The van der Waals surface area contributed by atoms with E-state index in [2.05, 4.69) is 16.0 Å². The first-order valence-electron chi connectivity index (χ1n) is 6.80. The van der Waals surface area contributed by atoms with Crippen molar-refractivity contribution in [1.29, 1.82) is 0 Å². The molecule has 1 rings (SSSR count). The number of benzene rings is 1. The number of hydrogen-bond donors (Lipinski definition) is 3. The molecule has 0 aliphatic carbocycles. The van der Waals surface area contributed by atoms with Gasteiger partial charge >= 0.3 is 0 Å². The summed E-state index contributed by atoms with van der Waals surface area (Å²) in [5.41, 5.74) is 2.39. The van der Waals surface area contributed by atoms with E-state index in [9.17, 15) is 9.59 Å². The lowest BCUT2D eigenvalue weighted by molar-refractivity contribution is -0.121. The number of carbonyl (C=O) groups excluding carboxylic acids is 2. The van der Waals surface area contributed by atoms with Crippen LogP contribution in [-0.4, -0.2) is 31.4 Å².